The van der Waals surface area contributed by atoms with Crippen molar-refractivity contribution in [2.45, 2.75) is 6.92 Å². The smallest absolute Gasteiger partial charge is 0.136 e. The Hall–Kier alpha value is -2.97. The van der Waals surface area contributed by atoms with Gasteiger partial charge >= 0.3 is 0 Å². The summed E-state index contributed by atoms with van der Waals surface area (Å²) in [4.78, 5) is 4.54. The van der Waals surface area contributed by atoms with Gasteiger partial charge in [0, 0.05) is 22.8 Å². The molecular weight excluding hydrogens is 321 g/mol. The number of rotatable bonds is 4. The average Bonchev–Trinajstić information content (AvgIpc) is 3.08. The summed E-state index contributed by atoms with van der Waals surface area (Å²) in [6.07, 6.45) is 1.59. The van der Waals surface area contributed by atoms with Gasteiger partial charge in [-0.05, 0) is 31.2 Å². The zero-order valence-electron chi connectivity index (χ0n) is 13.0. The van der Waals surface area contributed by atoms with Gasteiger partial charge in [-0.25, -0.2) is 9.37 Å². The standard InChI is InChI=1S/C19H14FN3S/c1-13-2-4-14(5-3-13)18-12-24-19(23-18)15(10-21)11-22-17-8-6-16(20)7-9-17/h2-9,11-12,22H,1H3. The number of halogens is 1. The fourth-order valence-corrected chi connectivity index (χ4v) is 2.89. The molecule has 0 saturated heterocycles. The number of hydrogen-bond acceptors (Lipinski definition) is 4. The van der Waals surface area contributed by atoms with Crippen LogP contribution in [0.5, 0.6) is 0 Å². The number of allylic oxidation sites excluding steroid dienone is 1. The summed E-state index contributed by atoms with van der Waals surface area (Å²) < 4.78 is 12.9. The van der Waals surface area contributed by atoms with Gasteiger partial charge in [-0.15, -0.1) is 11.3 Å². The Morgan fingerprint density at radius 1 is 1.17 bits per heavy atom. The van der Waals surface area contributed by atoms with Crippen LogP contribution in [0.1, 0.15) is 10.6 Å². The average molecular weight is 335 g/mol. The van der Waals surface area contributed by atoms with Crippen LogP contribution in [0.3, 0.4) is 0 Å². The number of aromatic nitrogens is 1. The molecule has 0 radical (unpaired) electrons. The quantitative estimate of drug-likeness (QED) is 0.664. The van der Waals surface area contributed by atoms with E-state index in [0.717, 1.165) is 11.3 Å². The topological polar surface area (TPSA) is 48.7 Å². The van der Waals surface area contributed by atoms with E-state index in [4.69, 9.17) is 0 Å². The lowest BCUT2D eigenvalue weighted by molar-refractivity contribution is 0.628. The first-order chi connectivity index (χ1) is 11.7. The lowest BCUT2D eigenvalue weighted by Crippen LogP contribution is -1.91. The Balaban J connectivity index is 1.81. The SMILES string of the molecule is Cc1ccc(-c2csc(C(C#N)=CNc3ccc(F)cc3)n2)cc1. The van der Waals surface area contributed by atoms with E-state index in [9.17, 15) is 9.65 Å². The highest BCUT2D eigenvalue weighted by atomic mass is 32.1. The minimum atomic E-state index is -0.298. The maximum Gasteiger partial charge on any atom is 0.136 e. The molecule has 5 heteroatoms. The molecule has 0 spiro atoms. The van der Waals surface area contributed by atoms with Crippen molar-refractivity contribution in [3.05, 3.63) is 76.5 Å². The normalized spacial score (nSPS) is 11.1. The predicted octanol–water partition coefficient (Wildman–Crippen LogP) is 5.23. The first-order valence-electron chi connectivity index (χ1n) is 7.31. The number of benzene rings is 2. The molecule has 2 aromatic carbocycles. The van der Waals surface area contributed by atoms with Crippen LogP contribution in [0.4, 0.5) is 10.1 Å². The highest BCUT2D eigenvalue weighted by Crippen LogP contribution is 2.26. The Morgan fingerprint density at radius 2 is 1.88 bits per heavy atom. The Bertz CT molecular complexity index is 903. The van der Waals surface area contributed by atoms with Crippen LogP contribution in [0.2, 0.25) is 0 Å². The molecule has 0 fully saturated rings. The van der Waals surface area contributed by atoms with Crippen LogP contribution in [-0.4, -0.2) is 4.98 Å². The maximum absolute atomic E-state index is 12.9. The number of hydrogen-bond donors (Lipinski definition) is 1. The molecule has 3 aromatic rings. The number of nitrogens with one attached hydrogen (secondary N) is 1. The van der Waals surface area contributed by atoms with Crippen molar-refractivity contribution in [2.24, 2.45) is 0 Å². The second-order valence-corrected chi connectivity index (χ2v) is 6.08. The lowest BCUT2D eigenvalue weighted by atomic mass is 10.1. The number of thiazole rings is 1. The monoisotopic (exact) mass is 335 g/mol. The summed E-state index contributed by atoms with van der Waals surface area (Å²) in [5.74, 6) is -0.298. The van der Waals surface area contributed by atoms with Gasteiger partial charge in [0.15, 0.2) is 0 Å². The summed E-state index contributed by atoms with van der Waals surface area (Å²) in [7, 11) is 0. The molecule has 0 unspecified atom stereocenters. The second kappa shape index (κ2) is 7.07. The van der Waals surface area contributed by atoms with Crippen molar-refractivity contribution in [3.8, 4) is 17.3 Å². The van der Waals surface area contributed by atoms with Gasteiger partial charge in [-0.3, -0.25) is 0 Å². The van der Waals surface area contributed by atoms with Gasteiger partial charge in [-0.2, -0.15) is 5.26 Å². The van der Waals surface area contributed by atoms with Crippen molar-refractivity contribution in [1.29, 1.82) is 5.26 Å². The molecule has 0 amide bonds. The van der Waals surface area contributed by atoms with Crippen LogP contribution in [0.25, 0.3) is 16.8 Å². The predicted molar refractivity (Wildman–Crippen MR) is 95.9 cm³/mol. The molecule has 1 heterocycles. The third-order valence-electron chi connectivity index (χ3n) is 3.43. The summed E-state index contributed by atoms with van der Waals surface area (Å²) in [5.41, 5.74) is 4.20. The summed E-state index contributed by atoms with van der Waals surface area (Å²) in [6, 6.07) is 16.2. The van der Waals surface area contributed by atoms with E-state index >= 15 is 0 Å². The zero-order chi connectivity index (χ0) is 16.9. The summed E-state index contributed by atoms with van der Waals surface area (Å²) in [5, 5.41) is 14.9. The molecule has 0 aliphatic heterocycles. The van der Waals surface area contributed by atoms with Gasteiger partial charge in [0.25, 0.3) is 0 Å². The Morgan fingerprint density at radius 3 is 2.54 bits per heavy atom. The zero-order valence-corrected chi connectivity index (χ0v) is 13.8. The molecule has 118 valence electrons. The minimum Gasteiger partial charge on any atom is -0.360 e. The highest BCUT2D eigenvalue weighted by Gasteiger charge is 2.09. The molecule has 3 rings (SSSR count). The van der Waals surface area contributed by atoms with Crippen molar-refractivity contribution < 1.29 is 4.39 Å². The van der Waals surface area contributed by atoms with Gasteiger partial charge < -0.3 is 5.32 Å². The van der Waals surface area contributed by atoms with E-state index in [-0.39, 0.29) is 5.82 Å². The van der Waals surface area contributed by atoms with Crippen molar-refractivity contribution in [1.82, 2.24) is 4.98 Å². The van der Waals surface area contributed by atoms with Gasteiger partial charge in [0.1, 0.15) is 22.5 Å². The van der Waals surface area contributed by atoms with E-state index in [0.29, 0.717) is 16.3 Å². The highest BCUT2D eigenvalue weighted by molar-refractivity contribution is 7.11. The first-order valence-corrected chi connectivity index (χ1v) is 8.19. The van der Waals surface area contributed by atoms with E-state index in [1.165, 1.54) is 29.0 Å². The van der Waals surface area contributed by atoms with E-state index in [1.807, 2.05) is 36.6 Å². The molecule has 0 atom stereocenters. The maximum atomic E-state index is 12.9. The third kappa shape index (κ3) is 3.67. The Labute approximate surface area is 143 Å². The molecule has 1 aromatic heterocycles. The first kappa shape index (κ1) is 15.9. The fourth-order valence-electron chi connectivity index (χ4n) is 2.10. The van der Waals surface area contributed by atoms with E-state index in [1.54, 1.807) is 18.3 Å². The van der Waals surface area contributed by atoms with Crippen molar-refractivity contribution in [2.75, 3.05) is 5.32 Å². The molecule has 0 aliphatic rings. The molecule has 24 heavy (non-hydrogen) atoms. The minimum absolute atomic E-state index is 0.298. The number of anilines is 1. The molecular formula is C19H14FN3S. The van der Waals surface area contributed by atoms with Gasteiger partial charge in [0.2, 0.25) is 0 Å². The second-order valence-electron chi connectivity index (χ2n) is 5.22. The number of nitriles is 1. The van der Waals surface area contributed by atoms with Crippen LogP contribution in [-0.2, 0) is 0 Å². The van der Waals surface area contributed by atoms with Crippen molar-refractivity contribution >= 4 is 22.6 Å². The van der Waals surface area contributed by atoms with Gasteiger partial charge in [0.05, 0.1) is 5.69 Å². The van der Waals surface area contributed by atoms with Crippen LogP contribution in [0.15, 0.2) is 60.1 Å². The lowest BCUT2D eigenvalue weighted by Gasteiger charge is -2.01. The van der Waals surface area contributed by atoms with Crippen LogP contribution in [0, 0.1) is 24.1 Å². The summed E-state index contributed by atoms with van der Waals surface area (Å²) >= 11 is 1.42. The summed E-state index contributed by atoms with van der Waals surface area (Å²) in [6.45, 7) is 2.04. The number of aryl methyl sites for hydroxylation is 1. The molecule has 1 N–H and O–H groups in total. The molecule has 0 saturated carbocycles. The van der Waals surface area contributed by atoms with Crippen LogP contribution < -0.4 is 5.32 Å². The Kier molecular flexibility index (Phi) is 4.69. The largest absolute Gasteiger partial charge is 0.360 e. The third-order valence-corrected chi connectivity index (χ3v) is 4.31. The molecule has 3 nitrogen and oxygen atoms in total. The number of nitrogens with zero attached hydrogens (tertiary/aromatic N) is 2. The molecule has 0 aliphatic carbocycles. The van der Waals surface area contributed by atoms with Crippen LogP contribution >= 0.6 is 11.3 Å². The van der Waals surface area contributed by atoms with E-state index in [2.05, 4.69) is 16.4 Å². The van der Waals surface area contributed by atoms with E-state index < -0.39 is 0 Å². The fraction of sp³-hybridized carbons (Fsp3) is 0.0526. The van der Waals surface area contributed by atoms with Crippen molar-refractivity contribution in [3.63, 3.8) is 0 Å². The van der Waals surface area contributed by atoms with Gasteiger partial charge in [-0.1, -0.05) is 29.8 Å². The molecule has 0 bridgehead atoms.